The normalized spacial score (nSPS) is 18.9. The van der Waals surface area contributed by atoms with E-state index in [1.54, 1.807) is 19.1 Å². The summed E-state index contributed by atoms with van der Waals surface area (Å²) < 4.78 is 0. The van der Waals surface area contributed by atoms with E-state index in [2.05, 4.69) is 5.32 Å². The Morgan fingerprint density at radius 2 is 1.90 bits per heavy atom. The molecule has 20 heavy (non-hydrogen) atoms. The van der Waals surface area contributed by atoms with Crippen molar-refractivity contribution in [1.82, 2.24) is 5.32 Å². The minimum atomic E-state index is -1.22. The molecule has 1 aromatic carbocycles. The second-order valence-electron chi connectivity index (χ2n) is 5.65. The van der Waals surface area contributed by atoms with E-state index in [1.807, 2.05) is 12.1 Å². The molecule has 5 heteroatoms. The molecular formula is C15H20N2O3. The highest BCUT2D eigenvalue weighted by atomic mass is 16.4. The van der Waals surface area contributed by atoms with Gasteiger partial charge in [0.25, 0.3) is 0 Å². The number of carboxylic acids is 1. The van der Waals surface area contributed by atoms with Crippen molar-refractivity contribution in [2.24, 2.45) is 0 Å². The number of amides is 1. The summed E-state index contributed by atoms with van der Waals surface area (Å²) in [6.45, 7) is 3.28. The molecule has 0 spiro atoms. The van der Waals surface area contributed by atoms with Crippen molar-refractivity contribution in [2.75, 3.05) is 5.73 Å². The standard InChI is InChI=1S/C15H20N2O3/c1-3-14(2,13(19)20)17-12(18)15(8-9-15)10-4-6-11(16)7-5-10/h4-7H,3,8-9,16H2,1-2H3,(H,17,18)(H,19,20). The highest BCUT2D eigenvalue weighted by molar-refractivity contribution is 5.95. The molecule has 0 aromatic heterocycles. The highest BCUT2D eigenvalue weighted by Gasteiger charge is 2.53. The molecule has 1 unspecified atom stereocenters. The lowest BCUT2D eigenvalue weighted by atomic mass is 9.91. The number of hydrogen-bond acceptors (Lipinski definition) is 3. The Hall–Kier alpha value is -2.04. The Morgan fingerprint density at radius 3 is 2.30 bits per heavy atom. The second kappa shape index (κ2) is 4.81. The lowest BCUT2D eigenvalue weighted by Gasteiger charge is -2.27. The summed E-state index contributed by atoms with van der Waals surface area (Å²) >= 11 is 0. The summed E-state index contributed by atoms with van der Waals surface area (Å²) in [5.74, 6) is -1.23. The lowest BCUT2D eigenvalue weighted by Crippen LogP contribution is -2.54. The topological polar surface area (TPSA) is 92.4 Å². The molecular weight excluding hydrogens is 256 g/mol. The average Bonchev–Trinajstić information content (AvgIpc) is 3.20. The Balaban J connectivity index is 2.21. The van der Waals surface area contributed by atoms with Crippen LogP contribution in [0.25, 0.3) is 0 Å². The van der Waals surface area contributed by atoms with Crippen molar-refractivity contribution in [3.05, 3.63) is 29.8 Å². The number of benzene rings is 1. The Kier molecular flexibility index (Phi) is 3.46. The van der Waals surface area contributed by atoms with Gasteiger partial charge >= 0.3 is 5.97 Å². The summed E-state index contributed by atoms with van der Waals surface area (Å²) in [4.78, 5) is 23.8. The van der Waals surface area contributed by atoms with Crippen LogP contribution in [-0.4, -0.2) is 22.5 Å². The van der Waals surface area contributed by atoms with Gasteiger partial charge in [0.05, 0.1) is 5.41 Å². The third-order valence-electron chi connectivity index (χ3n) is 4.22. The van der Waals surface area contributed by atoms with Gasteiger partial charge in [0, 0.05) is 5.69 Å². The number of carboxylic acid groups (broad SMARTS) is 1. The predicted octanol–water partition coefficient (Wildman–Crippen LogP) is 1.67. The number of carbonyl (C=O) groups excluding carboxylic acids is 1. The van der Waals surface area contributed by atoms with Crippen LogP contribution < -0.4 is 11.1 Å². The molecule has 108 valence electrons. The first-order valence-electron chi connectivity index (χ1n) is 6.76. The molecule has 1 amide bonds. The third-order valence-corrected chi connectivity index (χ3v) is 4.22. The van der Waals surface area contributed by atoms with Crippen LogP contribution in [0.5, 0.6) is 0 Å². The van der Waals surface area contributed by atoms with Gasteiger partial charge in [-0.05, 0) is 43.9 Å². The zero-order valence-electron chi connectivity index (χ0n) is 11.8. The van der Waals surface area contributed by atoms with Crippen LogP contribution in [0.4, 0.5) is 5.69 Å². The van der Waals surface area contributed by atoms with Crippen molar-refractivity contribution < 1.29 is 14.7 Å². The zero-order chi connectivity index (χ0) is 15.0. The first-order valence-corrected chi connectivity index (χ1v) is 6.76. The quantitative estimate of drug-likeness (QED) is 0.713. The molecule has 1 saturated carbocycles. The molecule has 1 aliphatic rings. The van der Waals surface area contributed by atoms with Crippen LogP contribution >= 0.6 is 0 Å². The smallest absolute Gasteiger partial charge is 0.329 e. The number of rotatable bonds is 5. The molecule has 4 N–H and O–H groups in total. The summed E-state index contributed by atoms with van der Waals surface area (Å²) in [5.41, 5.74) is 5.39. The fourth-order valence-electron chi connectivity index (χ4n) is 2.24. The van der Waals surface area contributed by atoms with Crippen molar-refractivity contribution in [3.8, 4) is 0 Å². The van der Waals surface area contributed by atoms with Gasteiger partial charge in [-0.1, -0.05) is 19.1 Å². The van der Waals surface area contributed by atoms with Gasteiger partial charge in [0.2, 0.25) is 5.91 Å². The number of nitrogens with one attached hydrogen (secondary N) is 1. The maximum Gasteiger partial charge on any atom is 0.329 e. The zero-order valence-corrected chi connectivity index (χ0v) is 11.8. The van der Waals surface area contributed by atoms with Gasteiger partial charge in [-0.3, -0.25) is 4.79 Å². The molecule has 1 aliphatic carbocycles. The molecule has 0 saturated heterocycles. The molecule has 0 heterocycles. The van der Waals surface area contributed by atoms with Gasteiger partial charge in [0.1, 0.15) is 5.54 Å². The molecule has 2 rings (SSSR count). The van der Waals surface area contributed by atoms with Gasteiger partial charge in [-0.25, -0.2) is 4.79 Å². The number of aliphatic carboxylic acids is 1. The van der Waals surface area contributed by atoms with Crippen LogP contribution in [0.15, 0.2) is 24.3 Å². The largest absolute Gasteiger partial charge is 0.480 e. The van der Waals surface area contributed by atoms with Crippen LogP contribution in [0.3, 0.4) is 0 Å². The molecule has 0 bridgehead atoms. The molecule has 5 nitrogen and oxygen atoms in total. The van der Waals surface area contributed by atoms with E-state index in [9.17, 15) is 14.7 Å². The van der Waals surface area contributed by atoms with Gasteiger partial charge in [0.15, 0.2) is 0 Å². The lowest BCUT2D eigenvalue weighted by molar-refractivity contribution is -0.147. The fourth-order valence-corrected chi connectivity index (χ4v) is 2.24. The third kappa shape index (κ3) is 2.35. The molecule has 1 fully saturated rings. The number of nitrogens with two attached hydrogens (primary N) is 1. The average molecular weight is 276 g/mol. The van der Waals surface area contributed by atoms with Gasteiger partial charge in [-0.15, -0.1) is 0 Å². The number of hydrogen-bond donors (Lipinski definition) is 3. The summed E-state index contributed by atoms with van der Waals surface area (Å²) in [7, 11) is 0. The molecule has 1 aromatic rings. The summed E-state index contributed by atoms with van der Waals surface area (Å²) in [6, 6.07) is 7.20. The van der Waals surface area contributed by atoms with E-state index >= 15 is 0 Å². The van der Waals surface area contributed by atoms with Crippen molar-refractivity contribution in [3.63, 3.8) is 0 Å². The number of anilines is 1. The minimum absolute atomic E-state index is 0.214. The van der Waals surface area contributed by atoms with E-state index in [1.165, 1.54) is 6.92 Å². The predicted molar refractivity (Wildman–Crippen MR) is 76.2 cm³/mol. The second-order valence-corrected chi connectivity index (χ2v) is 5.65. The van der Waals surface area contributed by atoms with E-state index in [4.69, 9.17) is 5.73 Å². The SMILES string of the molecule is CCC(C)(NC(=O)C1(c2ccc(N)cc2)CC1)C(=O)O. The maximum absolute atomic E-state index is 12.5. The molecule has 0 radical (unpaired) electrons. The van der Waals surface area contributed by atoms with Crippen LogP contribution in [0.2, 0.25) is 0 Å². The van der Waals surface area contributed by atoms with Crippen molar-refractivity contribution in [2.45, 2.75) is 44.1 Å². The van der Waals surface area contributed by atoms with Crippen molar-refractivity contribution in [1.29, 1.82) is 0 Å². The van der Waals surface area contributed by atoms with Crippen molar-refractivity contribution >= 4 is 17.6 Å². The number of nitrogen functional groups attached to an aromatic ring is 1. The number of carbonyl (C=O) groups is 2. The van der Waals surface area contributed by atoms with E-state index in [0.717, 1.165) is 18.4 Å². The van der Waals surface area contributed by atoms with Crippen LogP contribution in [0.1, 0.15) is 38.7 Å². The van der Waals surface area contributed by atoms with Crippen LogP contribution in [-0.2, 0) is 15.0 Å². The Labute approximate surface area is 118 Å². The van der Waals surface area contributed by atoms with E-state index in [-0.39, 0.29) is 5.91 Å². The first kappa shape index (κ1) is 14.4. The first-order chi connectivity index (χ1) is 9.34. The highest BCUT2D eigenvalue weighted by Crippen LogP contribution is 2.48. The van der Waals surface area contributed by atoms with E-state index in [0.29, 0.717) is 12.1 Å². The van der Waals surface area contributed by atoms with Gasteiger partial charge in [-0.2, -0.15) is 0 Å². The maximum atomic E-state index is 12.5. The Bertz CT molecular complexity index is 535. The van der Waals surface area contributed by atoms with E-state index < -0.39 is 16.9 Å². The molecule has 0 aliphatic heterocycles. The Morgan fingerprint density at radius 1 is 1.35 bits per heavy atom. The summed E-state index contributed by atoms with van der Waals surface area (Å²) in [5, 5.41) is 11.9. The molecule has 1 atom stereocenters. The van der Waals surface area contributed by atoms with Gasteiger partial charge < -0.3 is 16.2 Å². The fraction of sp³-hybridized carbons (Fsp3) is 0.467. The monoisotopic (exact) mass is 276 g/mol. The van der Waals surface area contributed by atoms with Crippen LogP contribution in [0, 0.1) is 0 Å². The minimum Gasteiger partial charge on any atom is -0.480 e. The summed E-state index contributed by atoms with van der Waals surface area (Å²) in [6.07, 6.45) is 1.82.